The van der Waals surface area contributed by atoms with E-state index in [1.54, 1.807) is 0 Å². The van der Waals surface area contributed by atoms with Gasteiger partial charge >= 0.3 is 0 Å². The molecule has 0 radical (unpaired) electrons. The molecule has 116 valence electrons. The molecule has 19 heavy (non-hydrogen) atoms. The maximum absolute atomic E-state index is 13.3. The summed E-state index contributed by atoms with van der Waals surface area (Å²) in [6, 6.07) is 0. The van der Waals surface area contributed by atoms with E-state index < -0.39 is 12.5 Å². The predicted octanol–water partition coefficient (Wildman–Crippen LogP) is 4.73. The quantitative estimate of drug-likeness (QED) is 0.629. The van der Waals surface area contributed by atoms with Gasteiger partial charge < -0.3 is 4.90 Å². The summed E-state index contributed by atoms with van der Waals surface area (Å²) in [5.41, 5.74) is 0. The first kappa shape index (κ1) is 20.6. The Morgan fingerprint density at radius 3 is 2.05 bits per heavy atom. The molecule has 0 rings (SSSR count). The van der Waals surface area contributed by atoms with Crippen LogP contribution in [-0.2, 0) is 4.79 Å². The molecule has 0 aromatic rings. The molecule has 0 saturated heterocycles. The average molecular weight is 279 g/mol. The van der Waals surface area contributed by atoms with Crippen LogP contribution in [0.3, 0.4) is 0 Å². The molecule has 0 aliphatic rings. The number of hydrogen-bond acceptors (Lipinski definition) is 1. The van der Waals surface area contributed by atoms with Crippen LogP contribution in [0, 0.1) is 5.92 Å². The fourth-order valence-corrected chi connectivity index (χ4v) is 1.80. The summed E-state index contributed by atoms with van der Waals surface area (Å²) >= 11 is 0. The van der Waals surface area contributed by atoms with Crippen LogP contribution in [0.15, 0.2) is 0 Å². The summed E-state index contributed by atoms with van der Waals surface area (Å²) in [5, 5.41) is 0. The highest BCUT2D eigenvalue weighted by Crippen LogP contribution is 2.21. The van der Waals surface area contributed by atoms with Crippen LogP contribution in [-0.4, -0.2) is 29.8 Å². The van der Waals surface area contributed by atoms with E-state index >= 15 is 0 Å². The molecular weight excluding hydrogens is 248 g/mol. The minimum Gasteiger partial charge on any atom is -0.336 e. The zero-order valence-corrected chi connectivity index (χ0v) is 13.4. The van der Waals surface area contributed by atoms with Crippen LogP contribution in [0.4, 0.5) is 8.78 Å². The monoisotopic (exact) mass is 279 g/mol. The number of hydrogen-bond donors (Lipinski definition) is 0. The Hall–Kier alpha value is -0.670. The van der Waals surface area contributed by atoms with Gasteiger partial charge in [-0.25, -0.2) is 8.78 Å². The van der Waals surface area contributed by atoms with Crippen molar-refractivity contribution in [2.45, 2.75) is 73.1 Å². The van der Waals surface area contributed by atoms with Gasteiger partial charge in [-0.1, -0.05) is 48.0 Å². The van der Waals surface area contributed by atoms with Gasteiger partial charge in [-0.15, -0.1) is 0 Å². The Labute approximate surface area is 117 Å². The van der Waals surface area contributed by atoms with Crippen molar-refractivity contribution in [3.05, 3.63) is 0 Å². The molecule has 2 nitrogen and oxygen atoms in total. The van der Waals surface area contributed by atoms with Gasteiger partial charge in [0, 0.05) is 18.9 Å². The minimum atomic E-state index is -2.77. The number of halogens is 2. The molecule has 0 aliphatic heterocycles. The standard InChI is InChI=1S/C13H25F2NO.C2H6/c1-5-8-11(4)12(17)16(9-6-2)10-13(14,15)7-3;1-2/h11H,5-10H2,1-4H3;1-2H3. The number of amides is 1. The lowest BCUT2D eigenvalue weighted by Gasteiger charge is -2.29. The van der Waals surface area contributed by atoms with E-state index in [0.717, 1.165) is 12.8 Å². The zero-order chi connectivity index (χ0) is 15.5. The molecule has 1 unspecified atom stereocenters. The number of rotatable bonds is 8. The Morgan fingerprint density at radius 1 is 1.16 bits per heavy atom. The van der Waals surface area contributed by atoms with Gasteiger partial charge in [0.15, 0.2) is 0 Å². The molecule has 1 atom stereocenters. The van der Waals surface area contributed by atoms with Crippen LogP contribution in [0.2, 0.25) is 0 Å². The maximum Gasteiger partial charge on any atom is 0.265 e. The lowest BCUT2D eigenvalue weighted by molar-refractivity contribution is -0.141. The second-order valence-corrected chi connectivity index (χ2v) is 4.66. The first-order chi connectivity index (χ1) is 8.87. The summed E-state index contributed by atoms with van der Waals surface area (Å²) in [5.74, 6) is -3.06. The predicted molar refractivity (Wildman–Crippen MR) is 77.5 cm³/mol. The van der Waals surface area contributed by atoms with Gasteiger partial charge in [0.1, 0.15) is 0 Å². The molecule has 0 aromatic carbocycles. The van der Waals surface area contributed by atoms with Gasteiger partial charge in [0.25, 0.3) is 5.92 Å². The average Bonchev–Trinajstić information content (AvgIpc) is 2.40. The van der Waals surface area contributed by atoms with Crippen LogP contribution in [0.25, 0.3) is 0 Å². The molecule has 0 heterocycles. The fraction of sp³-hybridized carbons (Fsp3) is 0.933. The van der Waals surface area contributed by atoms with Crippen LogP contribution in [0.5, 0.6) is 0 Å². The largest absolute Gasteiger partial charge is 0.336 e. The first-order valence-electron chi connectivity index (χ1n) is 7.54. The summed E-state index contributed by atoms with van der Waals surface area (Å²) < 4.78 is 26.7. The summed E-state index contributed by atoms with van der Waals surface area (Å²) in [6.07, 6.45) is 2.15. The van der Waals surface area contributed by atoms with E-state index in [1.807, 2.05) is 34.6 Å². The molecule has 0 bridgehead atoms. The van der Waals surface area contributed by atoms with Gasteiger partial charge in [-0.3, -0.25) is 4.79 Å². The van der Waals surface area contributed by atoms with Crippen molar-refractivity contribution < 1.29 is 13.6 Å². The SMILES string of the molecule is CC.CCCC(C)C(=O)N(CCC)CC(F)(F)CC. The van der Waals surface area contributed by atoms with Crippen molar-refractivity contribution in [1.82, 2.24) is 4.90 Å². The highest BCUT2D eigenvalue weighted by Gasteiger charge is 2.32. The van der Waals surface area contributed by atoms with Crippen molar-refractivity contribution in [3.63, 3.8) is 0 Å². The first-order valence-corrected chi connectivity index (χ1v) is 7.54. The third kappa shape index (κ3) is 8.95. The summed E-state index contributed by atoms with van der Waals surface area (Å²) in [4.78, 5) is 13.3. The molecule has 4 heteroatoms. The van der Waals surface area contributed by atoms with E-state index in [4.69, 9.17) is 0 Å². The molecule has 1 amide bonds. The fourth-order valence-electron chi connectivity index (χ4n) is 1.80. The topological polar surface area (TPSA) is 20.3 Å². The Kier molecular flexibility index (Phi) is 12.1. The van der Waals surface area contributed by atoms with Crippen LogP contribution >= 0.6 is 0 Å². The van der Waals surface area contributed by atoms with Crippen molar-refractivity contribution in [3.8, 4) is 0 Å². The van der Waals surface area contributed by atoms with Gasteiger partial charge in [0.05, 0.1) is 6.54 Å². The highest BCUT2D eigenvalue weighted by atomic mass is 19.3. The highest BCUT2D eigenvalue weighted by molar-refractivity contribution is 5.78. The van der Waals surface area contributed by atoms with Crippen molar-refractivity contribution in [2.75, 3.05) is 13.1 Å². The van der Waals surface area contributed by atoms with E-state index in [1.165, 1.54) is 11.8 Å². The van der Waals surface area contributed by atoms with E-state index in [0.29, 0.717) is 13.0 Å². The number of alkyl halides is 2. The van der Waals surface area contributed by atoms with Crippen molar-refractivity contribution in [1.29, 1.82) is 0 Å². The molecular formula is C15H31F2NO. The van der Waals surface area contributed by atoms with Gasteiger partial charge in [-0.05, 0) is 12.8 Å². The lowest BCUT2D eigenvalue weighted by Crippen LogP contribution is -2.43. The maximum atomic E-state index is 13.3. The van der Waals surface area contributed by atoms with Gasteiger partial charge in [0.2, 0.25) is 5.91 Å². The number of carbonyl (C=O) groups is 1. The third-order valence-electron chi connectivity index (χ3n) is 2.89. The smallest absolute Gasteiger partial charge is 0.265 e. The van der Waals surface area contributed by atoms with Crippen LogP contribution < -0.4 is 0 Å². The van der Waals surface area contributed by atoms with Crippen LogP contribution in [0.1, 0.15) is 67.2 Å². The Morgan fingerprint density at radius 2 is 1.68 bits per heavy atom. The zero-order valence-electron chi connectivity index (χ0n) is 13.4. The van der Waals surface area contributed by atoms with Crippen molar-refractivity contribution >= 4 is 5.91 Å². The Balaban J connectivity index is 0. The summed E-state index contributed by atoms with van der Waals surface area (Å²) in [7, 11) is 0. The third-order valence-corrected chi connectivity index (χ3v) is 2.89. The van der Waals surface area contributed by atoms with Gasteiger partial charge in [-0.2, -0.15) is 0 Å². The molecule has 0 spiro atoms. The number of nitrogens with zero attached hydrogens (tertiary/aromatic N) is 1. The molecule has 0 aromatic heterocycles. The molecule has 0 aliphatic carbocycles. The summed E-state index contributed by atoms with van der Waals surface area (Å²) in [6.45, 7) is 11.1. The molecule has 0 fully saturated rings. The second kappa shape index (κ2) is 11.2. The normalized spacial score (nSPS) is 12.4. The minimum absolute atomic E-state index is 0.137. The van der Waals surface area contributed by atoms with E-state index in [-0.39, 0.29) is 18.2 Å². The van der Waals surface area contributed by atoms with Crippen molar-refractivity contribution in [2.24, 2.45) is 5.92 Å². The second-order valence-electron chi connectivity index (χ2n) is 4.66. The number of carbonyl (C=O) groups excluding carboxylic acids is 1. The van der Waals surface area contributed by atoms with E-state index in [9.17, 15) is 13.6 Å². The Bertz CT molecular complexity index is 232. The van der Waals surface area contributed by atoms with E-state index in [2.05, 4.69) is 0 Å². The molecule has 0 N–H and O–H groups in total. The lowest BCUT2D eigenvalue weighted by atomic mass is 10.0. The molecule has 0 saturated carbocycles.